The van der Waals surface area contributed by atoms with Gasteiger partial charge in [-0.15, -0.1) is 0 Å². The third-order valence-electron chi connectivity index (χ3n) is 3.92. The molecule has 0 saturated heterocycles. The van der Waals surface area contributed by atoms with Crippen LogP contribution in [0.2, 0.25) is 10.4 Å². The molecular weight excluding hydrogens is 276 g/mol. The molecule has 1 aromatic rings. The van der Waals surface area contributed by atoms with E-state index in [-0.39, 0.29) is 17.7 Å². The minimum atomic E-state index is -1.67. The molecule has 4 nitrogen and oxygen atoms in total. The maximum atomic E-state index is 14.0. The summed E-state index contributed by atoms with van der Waals surface area (Å²) in [7, 11) is 24.8. The molecule has 9 heteroatoms. The highest BCUT2D eigenvalue weighted by molar-refractivity contribution is 6.51. The van der Waals surface area contributed by atoms with Crippen LogP contribution in [0.15, 0.2) is 18.2 Å². The molecule has 0 aromatic heterocycles. The van der Waals surface area contributed by atoms with Gasteiger partial charge in [-0.05, 0) is 18.2 Å². The lowest BCUT2D eigenvalue weighted by molar-refractivity contribution is 0.0959. The Hall–Kier alpha value is -1.83. The highest BCUT2D eigenvalue weighted by Gasteiger charge is 2.63. The van der Waals surface area contributed by atoms with E-state index in [4.69, 9.17) is 31.4 Å². The van der Waals surface area contributed by atoms with Gasteiger partial charge in [-0.2, -0.15) is 5.26 Å². The average molecular weight is 286 g/mol. The van der Waals surface area contributed by atoms with Gasteiger partial charge >= 0.3 is 0 Å². The molecule has 1 saturated carbocycles. The minimum absolute atomic E-state index is 0.0133. The van der Waals surface area contributed by atoms with Gasteiger partial charge in [0.25, 0.3) is 5.91 Å². The SMILES string of the molecule is [B]C1([B])CC([B])([B])C1(C#N)Nc1ccc(C(=O)NC)c(F)c1. The summed E-state index contributed by atoms with van der Waals surface area (Å²) in [6.45, 7) is 0. The first-order valence-corrected chi connectivity index (χ1v) is 6.47. The fourth-order valence-electron chi connectivity index (χ4n) is 2.67. The fraction of sp³-hybridized carbons (Fsp3) is 0.385. The smallest absolute Gasteiger partial charge is 0.253 e. The number of rotatable bonds is 3. The molecule has 1 aromatic carbocycles. The van der Waals surface area contributed by atoms with Gasteiger partial charge in [-0.25, -0.2) is 4.39 Å². The molecule has 0 unspecified atom stereocenters. The van der Waals surface area contributed by atoms with Crippen LogP contribution in [0, 0.1) is 17.1 Å². The number of carbonyl (C=O) groups is 1. The van der Waals surface area contributed by atoms with Crippen molar-refractivity contribution >= 4 is 43.0 Å². The van der Waals surface area contributed by atoms with Gasteiger partial charge in [0, 0.05) is 12.7 Å². The number of amides is 1. The number of hydrogen-bond donors (Lipinski definition) is 2. The summed E-state index contributed by atoms with van der Waals surface area (Å²) < 4.78 is 14.0. The third kappa shape index (κ3) is 2.22. The van der Waals surface area contributed by atoms with Crippen LogP contribution in [-0.2, 0) is 0 Å². The average Bonchev–Trinajstić information content (AvgIpc) is 2.42. The van der Waals surface area contributed by atoms with Gasteiger partial charge in [0.2, 0.25) is 0 Å². The number of anilines is 1. The second kappa shape index (κ2) is 5.12. The van der Waals surface area contributed by atoms with Crippen molar-refractivity contribution in [2.45, 2.75) is 22.4 Å². The highest BCUT2D eigenvalue weighted by Crippen LogP contribution is 2.65. The van der Waals surface area contributed by atoms with E-state index in [0.717, 1.165) is 6.07 Å². The first-order valence-electron chi connectivity index (χ1n) is 6.47. The normalized spacial score (nSPS) is 20.2. The van der Waals surface area contributed by atoms with Gasteiger partial charge in [0.05, 0.1) is 43.0 Å². The molecule has 2 rings (SSSR count). The van der Waals surface area contributed by atoms with E-state index in [1.165, 1.54) is 19.2 Å². The van der Waals surface area contributed by atoms with Crippen LogP contribution >= 0.6 is 0 Å². The number of nitrogens with zero attached hydrogens (tertiary/aromatic N) is 1. The molecular formula is C13H10B4FN3O. The lowest BCUT2D eigenvalue weighted by Gasteiger charge is -2.66. The molecule has 0 bridgehead atoms. The second-order valence-electron chi connectivity index (χ2n) is 5.52. The lowest BCUT2D eigenvalue weighted by Crippen LogP contribution is -2.68. The van der Waals surface area contributed by atoms with Gasteiger partial charge < -0.3 is 10.6 Å². The molecule has 8 radical (unpaired) electrons. The molecule has 0 spiro atoms. The Labute approximate surface area is 133 Å². The van der Waals surface area contributed by atoms with Crippen LogP contribution in [-0.4, -0.2) is 49.9 Å². The molecule has 22 heavy (non-hydrogen) atoms. The quantitative estimate of drug-likeness (QED) is 0.779. The molecule has 1 fully saturated rings. The largest absolute Gasteiger partial charge is 0.369 e. The summed E-state index contributed by atoms with van der Waals surface area (Å²) in [5.74, 6) is -1.34. The number of carbonyl (C=O) groups excluding carboxylic acids is 1. The molecule has 1 aliphatic carbocycles. The highest BCUT2D eigenvalue weighted by atomic mass is 19.1. The Morgan fingerprint density at radius 1 is 1.32 bits per heavy atom. The summed E-state index contributed by atoms with van der Waals surface area (Å²) in [6.07, 6.45) is 0.0133. The van der Waals surface area contributed by atoms with E-state index in [1.54, 1.807) is 0 Å². The van der Waals surface area contributed by atoms with Crippen molar-refractivity contribution in [2.24, 2.45) is 0 Å². The molecule has 0 aliphatic heterocycles. The number of nitriles is 1. The van der Waals surface area contributed by atoms with Crippen molar-refractivity contribution in [2.75, 3.05) is 12.4 Å². The van der Waals surface area contributed by atoms with Gasteiger partial charge in [-0.3, -0.25) is 4.79 Å². The monoisotopic (exact) mass is 287 g/mol. The van der Waals surface area contributed by atoms with Crippen molar-refractivity contribution in [3.63, 3.8) is 0 Å². The Morgan fingerprint density at radius 2 is 1.91 bits per heavy atom. The van der Waals surface area contributed by atoms with Crippen molar-refractivity contribution in [3.05, 3.63) is 29.6 Å². The molecule has 1 aliphatic rings. The van der Waals surface area contributed by atoms with Crippen LogP contribution in [0.4, 0.5) is 10.1 Å². The van der Waals surface area contributed by atoms with Crippen LogP contribution in [0.1, 0.15) is 16.8 Å². The van der Waals surface area contributed by atoms with E-state index in [2.05, 4.69) is 10.6 Å². The zero-order chi connectivity index (χ0) is 16.8. The fourth-order valence-corrected chi connectivity index (χ4v) is 2.67. The zero-order valence-corrected chi connectivity index (χ0v) is 12.0. The van der Waals surface area contributed by atoms with E-state index in [0.29, 0.717) is 0 Å². The molecule has 102 valence electrons. The summed E-state index contributed by atoms with van der Waals surface area (Å²) >= 11 is 0. The van der Waals surface area contributed by atoms with Gasteiger partial charge in [-0.1, -0.05) is 16.8 Å². The van der Waals surface area contributed by atoms with Crippen LogP contribution < -0.4 is 10.6 Å². The first kappa shape index (κ1) is 16.5. The predicted octanol–water partition coefficient (Wildman–Crippen LogP) is 0.170. The Morgan fingerprint density at radius 3 is 2.32 bits per heavy atom. The molecule has 0 atom stereocenters. The van der Waals surface area contributed by atoms with Gasteiger partial charge in [0.1, 0.15) is 11.4 Å². The summed E-state index contributed by atoms with van der Waals surface area (Å²) in [5.41, 5.74) is -1.61. The Bertz CT molecular complexity index is 658. The van der Waals surface area contributed by atoms with Crippen molar-refractivity contribution in [3.8, 4) is 6.07 Å². The minimum Gasteiger partial charge on any atom is -0.369 e. The maximum Gasteiger partial charge on any atom is 0.253 e. The Balaban J connectivity index is 2.37. The first-order chi connectivity index (χ1) is 10.1. The number of nitrogens with one attached hydrogen (secondary N) is 2. The van der Waals surface area contributed by atoms with Crippen LogP contribution in [0.3, 0.4) is 0 Å². The molecule has 1 amide bonds. The number of hydrogen-bond acceptors (Lipinski definition) is 3. The van der Waals surface area contributed by atoms with E-state index in [1.807, 2.05) is 6.07 Å². The summed E-state index contributed by atoms with van der Waals surface area (Å²) in [5, 5.41) is 11.5. The van der Waals surface area contributed by atoms with Crippen LogP contribution in [0.25, 0.3) is 0 Å². The lowest BCUT2D eigenvalue weighted by atomic mass is 9.18. The van der Waals surface area contributed by atoms with Crippen LogP contribution in [0.5, 0.6) is 0 Å². The maximum absolute atomic E-state index is 14.0. The van der Waals surface area contributed by atoms with E-state index >= 15 is 0 Å². The Kier molecular flexibility index (Phi) is 3.85. The van der Waals surface area contributed by atoms with E-state index < -0.39 is 27.7 Å². The topological polar surface area (TPSA) is 64.9 Å². The molecule has 2 N–H and O–H groups in total. The number of halogens is 1. The van der Waals surface area contributed by atoms with Gasteiger partial charge in [0.15, 0.2) is 0 Å². The molecule has 0 heterocycles. The van der Waals surface area contributed by atoms with Crippen molar-refractivity contribution < 1.29 is 9.18 Å². The van der Waals surface area contributed by atoms with Crippen molar-refractivity contribution in [1.82, 2.24) is 5.32 Å². The number of benzene rings is 1. The zero-order valence-electron chi connectivity index (χ0n) is 12.0. The summed E-state index contributed by atoms with van der Waals surface area (Å²) in [6, 6.07) is 5.63. The second-order valence-corrected chi connectivity index (χ2v) is 5.52. The predicted molar refractivity (Wildman–Crippen MR) is 84.8 cm³/mol. The van der Waals surface area contributed by atoms with E-state index in [9.17, 15) is 14.4 Å². The summed E-state index contributed by atoms with van der Waals surface area (Å²) in [4.78, 5) is 11.5. The third-order valence-corrected chi connectivity index (χ3v) is 3.92. The standard InChI is InChI=1S/C13H10B4FN3O/c1-20-10(22)8-3-2-7(4-9(8)18)21-11(6-19)12(14,15)5-13(11,16)17/h2-4,21H,5H2,1H3,(H,20,22). The van der Waals surface area contributed by atoms with Crippen molar-refractivity contribution in [1.29, 1.82) is 5.26 Å².